The lowest BCUT2D eigenvalue weighted by Crippen LogP contribution is -2.17. The van der Waals surface area contributed by atoms with E-state index in [9.17, 15) is 4.79 Å². The predicted molar refractivity (Wildman–Crippen MR) is 74.8 cm³/mol. The number of carbonyl (C=O) groups is 1. The summed E-state index contributed by atoms with van der Waals surface area (Å²) in [6, 6.07) is 10.8. The number of hydrogen-bond donors (Lipinski definition) is 1. The van der Waals surface area contributed by atoms with Gasteiger partial charge in [-0.3, -0.25) is 0 Å². The van der Waals surface area contributed by atoms with E-state index < -0.39 is 5.97 Å². The number of anilines is 1. The Morgan fingerprint density at radius 3 is 2.47 bits per heavy atom. The molecule has 0 aliphatic carbocycles. The van der Waals surface area contributed by atoms with Crippen molar-refractivity contribution in [2.24, 2.45) is 0 Å². The molecule has 2 aromatic rings. The van der Waals surface area contributed by atoms with E-state index in [1.165, 1.54) is 6.20 Å². The van der Waals surface area contributed by atoms with Crippen molar-refractivity contribution in [1.82, 2.24) is 4.98 Å². The van der Waals surface area contributed by atoms with E-state index in [-0.39, 0.29) is 5.56 Å². The van der Waals surface area contributed by atoms with Crippen molar-refractivity contribution in [3.63, 3.8) is 0 Å². The summed E-state index contributed by atoms with van der Waals surface area (Å²) in [5.74, 6) is -0.251. The highest BCUT2D eigenvalue weighted by Crippen LogP contribution is 2.15. The number of rotatable bonds is 4. The van der Waals surface area contributed by atoms with E-state index >= 15 is 0 Å². The lowest BCUT2D eigenvalue weighted by atomic mass is 10.2. The molecule has 4 nitrogen and oxygen atoms in total. The molecule has 0 fully saturated rings. The number of carboxylic acids is 1. The van der Waals surface area contributed by atoms with Gasteiger partial charge in [0, 0.05) is 24.8 Å². The molecule has 0 radical (unpaired) electrons. The van der Waals surface area contributed by atoms with Crippen molar-refractivity contribution in [2.45, 2.75) is 6.54 Å². The monoisotopic (exact) mass is 276 g/mol. The summed E-state index contributed by atoms with van der Waals surface area (Å²) in [5, 5.41) is 9.51. The van der Waals surface area contributed by atoms with E-state index in [4.69, 9.17) is 16.7 Å². The number of nitrogens with zero attached hydrogens (tertiary/aromatic N) is 2. The molecule has 0 aliphatic rings. The third-order valence-corrected chi connectivity index (χ3v) is 2.97. The maximum atomic E-state index is 10.7. The molecule has 98 valence electrons. The van der Waals surface area contributed by atoms with Gasteiger partial charge >= 0.3 is 5.97 Å². The van der Waals surface area contributed by atoms with Gasteiger partial charge in [0.2, 0.25) is 0 Å². The molecule has 0 atom stereocenters. The summed E-state index contributed by atoms with van der Waals surface area (Å²) in [7, 11) is 1.90. The van der Waals surface area contributed by atoms with Crippen molar-refractivity contribution in [3.05, 3.63) is 58.7 Å². The molecule has 19 heavy (non-hydrogen) atoms. The highest BCUT2D eigenvalue weighted by Gasteiger charge is 2.06. The molecular weight excluding hydrogens is 264 g/mol. The fourth-order valence-electron chi connectivity index (χ4n) is 1.68. The minimum absolute atomic E-state index is 0.184. The zero-order valence-electron chi connectivity index (χ0n) is 10.4. The van der Waals surface area contributed by atoms with Gasteiger partial charge in [-0.25, -0.2) is 9.78 Å². The molecule has 0 saturated carbocycles. The number of aromatic nitrogens is 1. The summed E-state index contributed by atoms with van der Waals surface area (Å²) < 4.78 is 0. The average Bonchev–Trinajstić information content (AvgIpc) is 2.41. The molecule has 0 bridgehead atoms. The van der Waals surface area contributed by atoms with Crippen LogP contribution < -0.4 is 4.90 Å². The standard InChI is InChI=1S/C14H13ClN2O2/c1-17(9-10-2-5-12(15)6-3-10)13-7-4-11(8-16-13)14(18)19/h2-8H,9H2,1H3,(H,18,19). The van der Waals surface area contributed by atoms with Gasteiger partial charge < -0.3 is 10.0 Å². The predicted octanol–water partition coefficient (Wildman–Crippen LogP) is 3.07. The molecule has 0 saturated heterocycles. The molecule has 1 aromatic heterocycles. The van der Waals surface area contributed by atoms with Crippen LogP contribution in [-0.2, 0) is 6.54 Å². The molecule has 1 heterocycles. The maximum absolute atomic E-state index is 10.7. The zero-order valence-corrected chi connectivity index (χ0v) is 11.1. The van der Waals surface area contributed by atoms with Crippen molar-refractivity contribution >= 4 is 23.4 Å². The summed E-state index contributed by atoms with van der Waals surface area (Å²) in [6.07, 6.45) is 1.36. The van der Waals surface area contributed by atoms with Crippen LogP contribution in [0.15, 0.2) is 42.6 Å². The van der Waals surface area contributed by atoms with Crippen LogP contribution in [0.2, 0.25) is 5.02 Å². The first-order valence-electron chi connectivity index (χ1n) is 5.71. The summed E-state index contributed by atoms with van der Waals surface area (Å²) in [6.45, 7) is 0.677. The third kappa shape index (κ3) is 3.45. The molecule has 2 rings (SSSR count). The first-order chi connectivity index (χ1) is 9.06. The van der Waals surface area contributed by atoms with Crippen LogP contribution >= 0.6 is 11.6 Å². The minimum atomic E-state index is -0.973. The van der Waals surface area contributed by atoms with E-state index in [0.717, 1.165) is 11.4 Å². The number of carboxylic acid groups (broad SMARTS) is 1. The molecular formula is C14H13ClN2O2. The molecule has 1 N–H and O–H groups in total. The topological polar surface area (TPSA) is 53.4 Å². The first kappa shape index (κ1) is 13.4. The van der Waals surface area contributed by atoms with Crippen LogP contribution in [0.5, 0.6) is 0 Å². The smallest absolute Gasteiger partial charge is 0.337 e. The van der Waals surface area contributed by atoms with Gasteiger partial charge in [0.1, 0.15) is 5.82 Å². The Morgan fingerprint density at radius 1 is 1.26 bits per heavy atom. The van der Waals surface area contributed by atoms with Crippen LogP contribution in [0.1, 0.15) is 15.9 Å². The molecule has 0 unspecified atom stereocenters. The number of pyridine rings is 1. The van der Waals surface area contributed by atoms with E-state index in [1.807, 2.05) is 36.2 Å². The van der Waals surface area contributed by atoms with Gasteiger partial charge in [-0.1, -0.05) is 23.7 Å². The first-order valence-corrected chi connectivity index (χ1v) is 6.09. The van der Waals surface area contributed by atoms with Crippen LogP contribution in [0.25, 0.3) is 0 Å². The zero-order chi connectivity index (χ0) is 13.8. The second kappa shape index (κ2) is 5.71. The van der Waals surface area contributed by atoms with Crippen LogP contribution in [0.4, 0.5) is 5.82 Å². The van der Waals surface area contributed by atoms with E-state index in [2.05, 4.69) is 4.98 Å². The molecule has 0 aliphatic heterocycles. The minimum Gasteiger partial charge on any atom is -0.478 e. The van der Waals surface area contributed by atoms with Crippen molar-refractivity contribution in [2.75, 3.05) is 11.9 Å². The fraction of sp³-hybridized carbons (Fsp3) is 0.143. The second-order valence-electron chi connectivity index (χ2n) is 4.19. The summed E-state index contributed by atoms with van der Waals surface area (Å²) in [4.78, 5) is 16.8. The van der Waals surface area contributed by atoms with Crippen molar-refractivity contribution in [3.8, 4) is 0 Å². The Balaban J connectivity index is 2.09. The Bertz CT molecular complexity index is 567. The Kier molecular flexibility index (Phi) is 4.02. The summed E-state index contributed by atoms with van der Waals surface area (Å²) in [5.41, 5.74) is 1.29. The highest BCUT2D eigenvalue weighted by molar-refractivity contribution is 6.30. The maximum Gasteiger partial charge on any atom is 0.337 e. The number of hydrogen-bond acceptors (Lipinski definition) is 3. The highest BCUT2D eigenvalue weighted by atomic mass is 35.5. The Labute approximate surface area is 116 Å². The molecule has 0 amide bonds. The molecule has 0 spiro atoms. The van der Waals surface area contributed by atoms with Gasteiger partial charge in [0.25, 0.3) is 0 Å². The fourth-order valence-corrected chi connectivity index (χ4v) is 1.81. The van der Waals surface area contributed by atoms with E-state index in [0.29, 0.717) is 11.6 Å². The van der Waals surface area contributed by atoms with Gasteiger partial charge in [-0.2, -0.15) is 0 Å². The Hall–Kier alpha value is -2.07. The third-order valence-electron chi connectivity index (χ3n) is 2.72. The number of benzene rings is 1. The van der Waals surface area contributed by atoms with Crippen LogP contribution in [0, 0.1) is 0 Å². The quantitative estimate of drug-likeness (QED) is 0.932. The Morgan fingerprint density at radius 2 is 1.95 bits per heavy atom. The number of halogens is 1. The van der Waals surface area contributed by atoms with Gasteiger partial charge in [0.05, 0.1) is 5.56 Å². The lowest BCUT2D eigenvalue weighted by molar-refractivity contribution is 0.0696. The van der Waals surface area contributed by atoms with Crippen molar-refractivity contribution in [1.29, 1.82) is 0 Å². The van der Waals surface area contributed by atoms with Gasteiger partial charge in [-0.15, -0.1) is 0 Å². The van der Waals surface area contributed by atoms with E-state index in [1.54, 1.807) is 12.1 Å². The summed E-state index contributed by atoms with van der Waals surface area (Å²) >= 11 is 5.83. The van der Waals surface area contributed by atoms with Crippen LogP contribution in [-0.4, -0.2) is 23.1 Å². The average molecular weight is 277 g/mol. The SMILES string of the molecule is CN(Cc1ccc(Cl)cc1)c1ccc(C(=O)O)cn1. The number of aromatic carboxylic acids is 1. The van der Waals surface area contributed by atoms with Gasteiger partial charge in [0.15, 0.2) is 0 Å². The van der Waals surface area contributed by atoms with Crippen LogP contribution in [0.3, 0.4) is 0 Å². The second-order valence-corrected chi connectivity index (χ2v) is 4.63. The van der Waals surface area contributed by atoms with Crippen molar-refractivity contribution < 1.29 is 9.90 Å². The molecule has 5 heteroatoms. The van der Waals surface area contributed by atoms with Gasteiger partial charge in [-0.05, 0) is 29.8 Å². The lowest BCUT2D eigenvalue weighted by Gasteiger charge is -2.18. The molecule has 1 aromatic carbocycles. The largest absolute Gasteiger partial charge is 0.478 e. The normalized spacial score (nSPS) is 10.2.